The first-order valence-electron chi connectivity index (χ1n) is 5.58. The Morgan fingerprint density at radius 2 is 1.95 bits per heavy atom. The Morgan fingerprint density at radius 1 is 1.32 bits per heavy atom. The molecular weight excluding hydrogens is 276 g/mol. The number of rotatable bonds is 2. The van der Waals surface area contributed by atoms with E-state index in [1.165, 1.54) is 6.92 Å². The van der Waals surface area contributed by atoms with E-state index < -0.39 is 17.3 Å². The van der Waals surface area contributed by atoms with Crippen molar-refractivity contribution in [2.24, 2.45) is 0 Å². The molecule has 0 aliphatic carbocycles. The standard InChI is InChI=1S/C10H6ClF2N3O.C2H6/c1-5(17)8-4-16(15-14-8)10-7(12)3-2-6(11)9(10)13;1-2/h2-4H,1H3;1-2H3. The summed E-state index contributed by atoms with van der Waals surface area (Å²) in [4.78, 5) is 11.0. The Bertz CT molecular complexity index is 599. The van der Waals surface area contributed by atoms with Crippen LogP contribution in [0.1, 0.15) is 31.3 Å². The van der Waals surface area contributed by atoms with Gasteiger partial charge in [0.25, 0.3) is 0 Å². The third-order valence-corrected chi connectivity index (χ3v) is 2.39. The number of nitrogens with zero attached hydrogens (tertiary/aromatic N) is 3. The highest BCUT2D eigenvalue weighted by atomic mass is 35.5. The normalized spacial score (nSPS) is 9.79. The van der Waals surface area contributed by atoms with E-state index in [1.54, 1.807) is 0 Å². The van der Waals surface area contributed by atoms with Crippen molar-refractivity contribution >= 4 is 17.4 Å². The molecule has 0 saturated carbocycles. The van der Waals surface area contributed by atoms with Crippen molar-refractivity contribution in [3.05, 3.63) is 40.7 Å². The first kappa shape index (κ1) is 15.2. The summed E-state index contributed by atoms with van der Waals surface area (Å²) in [7, 11) is 0. The molecule has 4 nitrogen and oxygen atoms in total. The van der Waals surface area contributed by atoms with Gasteiger partial charge in [0.2, 0.25) is 0 Å². The van der Waals surface area contributed by atoms with Crippen LogP contribution in [0.15, 0.2) is 18.3 Å². The van der Waals surface area contributed by atoms with E-state index in [-0.39, 0.29) is 16.5 Å². The molecule has 2 aromatic rings. The molecule has 0 aliphatic rings. The number of ketones is 1. The van der Waals surface area contributed by atoms with Crippen molar-refractivity contribution in [2.75, 3.05) is 0 Å². The molecule has 0 atom stereocenters. The molecule has 102 valence electrons. The molecule has 0 fully saturated rings. The molecule has 2 rings (SSSR count). The molecule has 0 amide bonds. The predicted octanol–water partition coefficient (Wildman–Crippen LogP) is 3.43. The number of benzene rings is 1. The van der Waals surface area contributed by atoms with E-state index in [9.17, 15) is 13.6 Å². The van der Waals surface area contributed by atoms with E-state index in [4.69, 9.17) is 11.6 Å². The number of hydrogen-bond donors (Lipinski definition) is 0. The zero-order valence-corrected chi connectivity index (χ0v) is 11.4. The van der Waals surface area contributed by atoms with Gasteiger partial charge in [-0.2, -0.15) is 0 Å². The maximum atomic E-state index is 13.6. The summed E-state index contributed by atoms with van der Waals surface area (Å²) >= 11 is 5.53. The second kappa shape index (κ2) is 6.38. The van der Waals surface area contributed by atoms with Gasteiger partial charge < -0.3 is 0 Å². The number of aromatic nitrogens is 3. The Labute approximate surface area is 114 Å². The average molecular weight is 288 g/mol. The van der Waals surface area contributed by atoms with E-state index in [0.29, 0.717) is 0 Å². The number of carbonyl (C=O) groups excluding carboxylic acids is 1. The smallest absolute Gasteiger partial charge is 0.181 e. The molecule has 0 aliphatic heterocycles. The lowest BCUT2D eigenvalue weighted by Crippen LogP contribution is -2.03. The zero-order chi connectivity index (χ0) is 14.6. The topological polar surface area (TPSA) is 47.8 Å². The third-order valence-electron chi connectivity index (χ3n) is 2.10. The fourth-order valence-electron chi connectivity index (χ4n) is 1.26. The lowest BCUT2D eigenvalue weighted by atomic mass is 10.3. The highest BCUT2D eigenvalue weighted by Gasteiger charge is 2.17. The zero-order valence-electron chi connectivity index (χ0n) is 10.6. The van der Waals surface area contributed by atoms with Crippen molar-refractivity contribution in [3.8, 4) is 5.69 Å². The lowest BCUT2D eigenvalue weighted by molar-refractivity contribution is 0.101. The van der Waals surface area contributed by atoms with Gasteiger partial charge >= 0.3 is 0 Å². The van der Waals surface area contributed by atoms with Crippen LogP contribution < -0.4 is 0 Å². The molecule has 0 saturated heterocycles. The third kappa shape index (κ3) is 3.14. The Morgan fingerprint density at radius 3 is 2.47 bits per heavy atom. The fraction of sp³-hybridized carbons (Fsp3) is 0.250. The van der Waals surface area contributed by atoms with Crippen molar-refractivity contribution < 1.29 is 13.6 Å². The van der Waals surface area contributed by atoms with Gasteiger partial charge in [0.1, 0.15) is 11.4 Å². The summed E-state index contributed by atoms with van der Waals surface area (Å²) in [6.45, 7) is 5.28. The minimum absolute atomic E-state index is 0.0174. The summed E-state index contributed by atoms with van der Waals surface area (Å²) in [6.07, 6.45) is 1.14. The lowest BCUT2D eigenvalue weighted by Gasteiger charge is -2.04. The summed E-state index contributed by atoms with van der Waals surface area (Å²) in [5, 5.41) is 6.73. The Hall–Kier alpha value is -1.82. The average Bonchev–Trinajstić information content (AvgIpc) is 2.86. The van der Waals surface area contributed by atoms with E-state index >= 15 is 0 Å². The Kier molecular flexibility index (Phi) is 5.11. The maximum absolute atomic E-state index is 13.6. The van der Waals surface area contributed by atoms with Gasteiger partial charge in [0, 0.05) is 6.92 Å². The molecule has 1 aromatic heterocycles. The number of Topliss-reactive ketones (excluding diaryl/α,β-unsaturated/α-hetero) is 1. The Balaban J connectivity index is 0.000000861. The van der Waals surface area contributed by atoms with Crippen LogP contribution in [0.3, 0.4) is 0 Å². The van der Waals surface area contributed by atoms with Gasteiger partial charge in [-0.1, -0.05) is 30.7 Å². The minimum Gasteiger partial charge on any atom is -0.293 e. The van der Waals surface area contributed by atoms with Crippen molar-refractivity contribution in [3.63, 3.8) is 0 Å². The monoisotopic (exact) mass is 287 g/mol. The van der Waals surface area contributed by atoms with Crippen LogP contribution in [-0.4, -0.2) is 20.8 Å². The molecule has 0 unspecified atom stereocenters. The second-order valence-corrected chi connectivity index (χ2v) is 3.70. The summed E-state index contributed by atoms with van der Waals surface area (Å²) in [5.41, 5.74) is -0.443. The fourth-order valence-corrected chi connectivity index (χ4v) is 1.41. The van der Waals surface area contributed by atoms with E-state index in [2.05, 4.69) is 10.3 Å². The summed E-state index contributed by atoms with van der Waals surface area (Å²) in [5.74, 6) is -2.14. The van der Waals surface area contributed by atoms with Gasteiger partial charge in [-0.05, 0) is 12.1 Å². The first-order chi connectivity index (χ1) is 9.00. The minimum atomic E-state index is -0.952. The van der Waals surface area contributed by atoms with Gasteiger partial charge in [-0.15, -0.1) is 5.10 Å². The molecular formula is C12H12ClF2N3O. The van der Waals surface area contributed by atoms with Gasteiger partial charge in [0.15, 0.2) is 17.4 Å². The quantitative estimate of drug-likeness (QED) is 0.628. The molecule has 19 heavy (non-hydrogen) atoms. The van der Waals surface area contributed by atoms with Crippen LogP contribution in [0.25, 0.3) is 5.69 Å². The molecule has 1 heterocycles. The van der Waals surface area contributed by atoms with E-state index in [0.717, 1.165) is 23.0 Å². The van der Waals surface area contributed by atoms with Crippen LogP contribution in [0, 0.1) is 11.6 Å². The molecule has 0 N–H and O–H groups in total. The number of halogens is 3. The molecule has 0 spiro atoms. The molecule has 0 bridgehead atoms. The number of hydrogen-bond acceptors (Lipinski definition) is 3. The van der Waals surface area contributed by atoms with Crippen LogP contribution in [0.5, 0.6) is 0 Å². The van der Waals surface area contributed by atoms with Crippen LogP contribution in [-0.2, 0) is 0 Å². The van der Waals surface area contributed by atoms with Crippen LogP contribution in [0.2, 0.25) is 5.02 Å². The largest absolute Gasteiger partial charge is 0.293 e. The molecule has 7 heteroatoms. The molecule has 0 radical (unpaired) electrons. The SMILES string of the molecule is CC.CC(=O)c1cn(-c2c(F)ccc(Cl)c2F)nn1. The van der Waals surface area contributed by atoms with Gasteiger partial charge in [-0.25, -0.2) is 13.5 Å². The maximum Gasteiger partial charge on any atom is 0.181 e. The highest BCUT2D eigenvalue weighted by Crippen LogP contribution is 2.23. The molecule has 1 aromatic carbocycles. The second-order valence-electron chi connectivity index (χ2n) is 3.30. The van der Waals surface area contributed by atoms with Crippen LogP contribution in [0.4, 0.5) is 8.78 Å². The van der Waals surface area contributed by atoms with Crippen molar-refractivity contribution in [2.45, 2.75) is 20.8 Å². The predicted molar refractivity (Wildman–Crippen MR) is 67.6 cm³/mol. The van der Waals surface area contributed by atoms with Crippen molar-refractivity contribution in [1.29, 1.82) is 0 Å². The summed E-state index contributed by atoms with van der Waals surface area (Å²) in [6, 6.07) is 2.11. The van der Waals surface area contributed by atoms with Crippen LogP contribution >= 0.6 is 11.6 Å². The first-order valence-corrected chi connectivity index (χ1v) is 5.95. The van der Waals surface area contributed by atoms with Crippen molar-refractivity contribution in [1.82, 2.24) is 15.0 Å². The number of carbonyl (C=O) groups is 1. The van der Waals surface area contributed by atoms with Gasteiger partial charge in [-0.3, -0.25) is 4.79 Å². The summed E-state index contributed by atoms with van der Waals surface area (Å²) < 4.78 is 27.9. The van der Waals surface area contributed by atoms with Gasteiger partial charge in [0.05, 0.1) is 11.2 Å². The highest BCUT2D eigenvalue weighted by molar-refractivity contribution is 6.30. The van der Waals surface area contributed by atoms with E-state index in [1.807, 2.05) is 13.8 Å².